The summed E-state index contributed by atoms with van der Waals surface area (Å²) in [5, 5.41) is 2.87. The first-order valence-electron chi connectivity index (χ1n) is 10.0. The lowest BCUT2D eigenvalue weighted by molar-refractivity contribution is -0.118. The van der Waals surface area contributed by atoms with Crippen LogP contribution in [0, 0.1) is 0 Å². The molecule has 4 rings (SSSR count). The van der Waals surface area contributed by atoms with E-state index < -0.39 is 0 Å². The minimum absolute atomic E-state index is 0.0837. The van der Waals surface area contributed by atoms with E-state index >= 15 is 0 Å². The van der Waals surface area contributed by atoms with Crippen LogP contribution in [0.25, 0.3) is 11.4 Å². The van der Waals surface area contributed by atoms with Crippen molar-refractivity contribution in [2.75, 3.05) is 18.5 Å². The molecule has 1 amide bonds. The predicted octanol–water partition coefficient (Wildman–Crippen LogP) is 4.30. The summed E-state index contributed by atoms with van der Waals surface area (Å²) in [6.45, 7) is 3.38. The Balaban J connectivity index is 1.37. The van der Waals surface area contributed by atoms with Gasteiger partial charge >= 0.3 is 0 Å². The van der Waals surface area contributed by atoms with Gasteiger partial charge in [0.2, 0.25) is 0 Å². The van der Waals surface area contributed by atoms with Gasteiger partial charge < -0.3 is 19.4 Å². The number of carbonyl (C=O) groups is 1. The van der Waals surface area contributed by atoms with Crippen LogP contribution in [0.15, 0.2) is 54.7 Å². The Morgan fingerprint density at radius 3 is 2.59 bits per heavy atom. The number of aromatic nitrogens is 2. The minimum atomic E-state index is -0.220. The van der Waals surface area contributed by atoms with Crippen molar-refractivity contribution in [3.63, 3.8) is 0 Å². The molecule has 0 atom stereocenters. The molecular weight excluding hydrogens is 366 g/mol. The van der Waals surface area contributed by atoms with E-state index in [1.165, 1.54) is 18.5 Å². The Morgan fingerprint density at radius 2 is 1.83 bits per heavy atom. The average Bonchev–Trinajstić information content (AvgIpc) is 3.18. The molecule has 150 valence electrons. The third-order valence-electron chi connectivity index (χ3n) is 4.94. The van der Waals surface area contributed by atoms with E-state index in [0.717, 1.165) is 30.0 Å². The largest absolute Gasteiger partial charge is 0.490 e. The van der Waals surface area contributed by atoms with Crippen LogP contribution in [0.5, 0.6) is 11.5 Å². The zero-order valence-corrected chi connectivity index (χ0v) is 16.6. The molecule has 29 heavy (non-hydrogen) atoms. The smallest absolute Gasteiger partial charge is 0.262 e. The van der Waals surface area contributed by atoms with E-state index in [-0.39, 0.29) is 12.5 Å². The molecule has 0 bridgehead atoms. The molecular formula is C23H25N3O3. The van der Waals surface area contributed by atoms with Gasteiger partial charge in [-0.05, 0) is 62.6 Å². The molecule has 6 nitrogen and oxygen atoms in total. The van der Waals surface area contributed by atoms with Crippen LogP contribution in [0.1, 0.15) is 25.5 Å². The Morgan fingerprint density at radius 1 is 1.07 bits per heavy atom. The number of hydrogen-bond acceptors (Lipinski definition) is 4. The lowest BCUT2D eigenvalue weighted by Gasteiger charge is -2.16. The molecule has 0 fully saturated rings. The molecule has 2 aromatic carbocycles. The van der Waals surface area contributed by atoms with Crippen LogP contribution < -0.4 is 14.8 Å². The third kappa shape index (κ3) is 4.42. The highest BCUT2D eigenvalue weighted by Gasteiger charge is 2.15. The van der Waals surface area contributed by atoms with Crippen LogP contribution in [0.4, 0.5) is 5.69 Å². The highest BCUT2D eigenvalue weighted by Crippen LogP contribution is 2.27. The summed E-state index contributed by atoms with van der Waals surface area (Å²) in [6, 6.07) is 15.1. The zero-order chi connectivity index (χ0) is 20.1. The summed E-state index contributed by atoms with van der Waals surface area (Å²) >= 11 is 0. The van der Waals surface area contributed by atoms with Gasteiger partial charge in [0.25, 0.3) is 5.91 Å². The van der Waals surface area contributed by atoms with Gasteiger partial charge in [0, 0.05) is 29.7 Å². The lowest BCUT2D eigenvalue weighted by Crippen LogP contribution is -2.20. The molecule has 0 saturated carbocycles. The fourth-order valence-corrected chi connectivity index (χ4v) is 3.55. The number of nitrogens with zero attached hydrogens (tertiary/aromatic N) is 2. The number of ether oxygens (including phenoxy) is 2. The second-order valence-electron chi connectivity index (χ2n) is 6.98. The van der Waals surface area contributed by atoms with Gasteiger partial charge in [-0.25, -0.2) is 4.98 Å². The summed E-state index contributed by atoms with van der Waals surface area (Å²) in [6.07, 6.45) is 5.49. The maximum Gasteiger partial charge on any atom is 0.262 e. The fourth-order valence-electron chi connectivity index (χ4n) is 3.55. The molecule has 6 heteroatoms. The third-order valence-corrected chi connectivity index (χ3v) is 4.94. The topological polar surface area (TPSA) is 65.4 Å². The molecule has 1 aromatic heterocycles. The molecule has 1 N–H and O–H groups in total. The molecule has 0 spiro atoms. The molecule has 0 radical (unpaired) electrons. The van der Waals surface area contributed by atoms with Crippen molar-refractivity contribution in [3.8, 4) is 22.9 Å². The summed E-state index contributed by atoms with van der Waals surface area (Å²) in [5.41, 5.74) is 3.08. The Kier molecular flexibility index (Phi) is 5.79. The molecule has 2 heterocycles. The fraction of sp³-hybridized carbons (Fsp3) is 0.304. The van der Waals surface area contributed by atoms with Crippen LogP contribution >= 0.6 is 0 Å². The number of benzene rings is 2. The second kappa shape index (κ2) is 8.82. The van der Waals surface area contributed by atoms with E-state index in [9.17, 15) is 4.79 Å². The Labute approximate surface area is 170 Å². The number of nitrogens with one attached hydrogen (secondary N) is 1. The first-order valence-corrected chi connectivity index (χ1v) is 10.0. The summed E-state index contributed by atoms with van der Waals surface area (Å²) in [5.74, 6) is 1.97. The van der Waals surface area contributed by atoms with Crippen LogP contribution in [0.2, 0.25) is 0 Å². The minimum Gasteiger partial charge on any atom is -0.490 e. The molecule has 1 aliphatic rings. The van der Waals surface area contributed by atoms with Crippen LogP contribution in [-0.2, 0) is 17.8 Å². The standard InChI is InChI=1S/C23H25N3O3/c1-2-28-20-8-3-4-9-21(20)29-16-22(27)25-18-12-10-17(11-13-18)23-24-15-19-7-5-6-14-26(19)23/h3-4,8-13,15H,2,5-7,14,16H2,1H3,(H,25,27). The van der Waals surface area contributed by atoms with E-state index in [2.05, 4.69) is 14.9 Å². The molecule has 0 saturated heterocycles. The number of fused-ring (bicyclic) bond motifs is 1. The van der Waals surface area contributed by atoms with Gasteiger partial charge in [0.15, 0.2) is 18.1 Å². The summed E-state index contributed by atoms with van der Waals surface area (Å²) < 4.78 is 13.4. The van der Waals surface area contributed by atoms with Crippen molar-refractivity contribution in [1.29, 1.82) is 0 Å². The summed E-state index contributed by atoms with van der Waals surface area (Å²) in [7, 11) is 0. The Hall–Kier alpha value is -3.28. The molecule has 0 unspecified atom stereocenters. The highest BCUT2D eigenvalue weighted by atomic mass is 16.5. The first kappa shape index (κ1) is 19.1. The molecule has 3 aromatic rings. The number of amides is 1. The maximum absolute atomic E-state index is 12.3. The lowest BCUT2D eigenvalue weighted by atomic mass is 10.1. The number of anilines is 1. The van der Waals surface area contributed by atoms with Crippen molar-refractivity contribution in [3.05, 3.63) is 60.4 Å². The van der Waals surface area contributed by atoms with Gasteiger partial charge in [-0.3, -0.25) is 4.79 Å². The summed E-state index contributed by atoms with van der Waals surface area (Å²) in [4.78, 5) is 16.9. The zero-order valence-electron chi connectivity index (χ0n) is 16.6. The van der Waals surface area contributed by atoms with E-state index in [0.29, 0.717) is 18.1 Å². The van der Waals surface area contributed by atoms with Crippen molar-refractivity contribution in [1.82, 2.24) is 9.55 Å². The Bertz CT molecular complexity index is 979. The highest BCUT2D eigenvalue weighted by molar-refractivity contribution is 5.92. The molecule has 0 aliphatic carbocycles. The van der Waals surface area contributed by atoms with Gasteiger partial charge in [-0.2, -0.15) is 0 Å². The van der Waals surface area contributed by atoms with Crippen molar-refractivity contribution >= 4 is 11.6 Å². The average molecular weight is 391 g/mol. The van der Waals surface area contributed by atoms with Gasteiger partial charge in [-0.1, -0.05) is 12.1 Å². The number of hydrogen-bond donors (Lipinski definition) is 1. The number of imidazole rings is 1. The first-order chi connectivity index (χ1) is 14.2. The SMILES string of the molecule is CCOc1ccccc1OCC(=O)Nc1ccc(-c2ncc3n2CCCC3)cc1. The van der Waals surface area contributed by atoms with Crippen molar-refractivity contribution in [2.45, 2.75) is 32.7 Å². The van der Waals surface area contributed by atoms with Gasteiger partial charge in [0.1, 0.15) is 5.82 Å². The van der Waals surface area contributed by atoms with Crippen LogP contribution in [0.3, 0.4) is 0 Å². The van der Waals surface area contributed by atoms with E-state index in [1.54, 1.807) is 6.07 Å². The van der Waals surface area contributed by atoms with Crippen LogP contribution in [-0.4, -0.2) is 28.7 Å². The number of rotatable bonds is 7. The normalized spacial score (nSPS) is 12.9. The van der Waals surface area contributed by atoms with E-state index in [1.807, 2.05) is 55.6 Å². The van der Waals surface area contributed by atoms with Gasteiger partial charge in [-0.15, -0.1) is 0 Å². The monoisotopic (exact) mass is 391 g/mol. The number of aryl methyl sites for hydroxylation is 1. The van der Waals surface area contributed by atoms with E-state index in [4.69, 9.17) is 9.47 Å². The van der Waals surface area contributed by atoms with Crippen molar-refractivity contribution in [2.24, 2.45) is 0 Å². The quantitative estimate of drug-likeness (QED) is 0.652. The molecule has 1 aliphatic heterocycles. The number of para-hydroxylation sites is 2. The second-order valence-corrected chi connectivity index (χ2v) is 6.98. The maximum atomic E-state index is 12.3. The predicted molar refractivity (Wildman–Crippen MR) is 112 cm³/mol. The number of carbonyl (C=O) groups excluding carboxylic acids is 1. The van der Waals surface area contributed by atoms with Gasteiger partial charge in [0.05, 0.1) is 6.61 Å². The van der Waals surface area contributed by atoms with Crippen molar-refractivity contribution < 1.29 is 14.3 Å².